The van der Waals surface area contributed by atoms with Gasteiger partial charge in [-0.25, -0.2) is 0 Å². The number of aryl methyl sites for hydroxylation is 1. The Balaban J connectivity index is 1.64. The Morgan fingerprint density at radius 1 is 1.04 bits per heavy atom. The van der Waals surface area contributed by atoms with Gasteiger partial charge in [0.2, 0.25) is 5.78 Å². The number of ketones is 1. The van der Waals surface area contributed by atoms with Crippen LogP contribution in [0.5, 0.6) is 0 Å². The lowest BCUT2D eigenvalue weighted by molar-refractivity contribution is -0.141. The van der Waals surface area contributed by atoms with Crippen LogP contribution in [0.15, 0.2) is 48.5 Å². The summed E-state index contributed by atoms with van der Waals surface area (Å²) in [4.78, 5) is 24.8. The summed E-state index contributed by atoms with van der Waals surface area (Å²) >= 11 is 0. The topological polar surface area (TPSA) is 57.5 Å². The Morgan fingerprint density at radius 3 is 2.57 bits per heavy atom. The highest BCUT2D eigenvalue weighted by Gasteiger charge is 2.17. The summed E-state index contributed by atoms with van der Waals surface area (Å²) in [6.07, 6.45) is 0.140. The van der Waals surface area contributed by atoms with Crippen molar-refractivity contribution < 1.29 is 19.1 Å². The molecule has 0 fully saturated rings. The van der Waals surface area contributed by atoms with Crippen molar-refractivity contribution in [3.8, 4) is 0 Å². The van der Waals surface area contributed by atoms with Crippen molar-refractivity contribution in [2.45, 2.75) is 26.8 Å². The Hall–Kier alpha value is -2.92. The van der Waals surface area contributed by atoms with Gasteiger partial charge in [-0.2, -0.15) is 0 Å². The number of rotatable bonds is 8. The molecule has 2 aromatic carbocycles. The van der Waals surface area contributed by atoms with Crippen LogP contribution in [0.1, 0.15) is 27.3 Å². The minimum Gasteiger partial charge on any atom is -0.457 e. The molecule has 0 atom stereocenters. The van der Waals surface area contributed by atoms with Gasteiger partial charge in [0.05, 0.1) is 13.0 Å². The van der Waals surface area contributed by atoms with Gasteiger partial charge in [-0.3, -0.25) is 9.59 Å². The summed E-state index contributed by atoms with van der Waals surface area (Å²) < 4.78 is 12.4. The van der Waals surface area contributed by atoms with Crippen LogP contribution in [0.3, 0.4) is 0 Å². The maximum atomic E-state index is 12.6. The number of aromatic nitrogens is 1. The molecule has 146 valence electrons. The molecule has 0 aliphatic carbocycles. The van der Waals surface area contributed by atoms with Crippen LogP contribution < -0.4 is 0 Å². The zero-order valence-electron chi connectivity index (χ0n) is 16.5. The van der Waals surface area contributed by atoms with E-state index in [1.54, 1.807) is 7.11 Å². The summed E-state index contributed by atoms with van der Waals surface area (Å²) in [7, 11) is 1.65. The average Bonchev–Trinajstić information content (AvgIpc) is 2.98. The smallest absolute Gasteiger partial charge is 0.310 e. The first-order valence-electron chi connectivity index (χ1n) is 9.32. The highest BCUT2D eigenvalue weighted by Crippen LogP contribution is 2.20. The molecule has 1 aromatic heterocycles. The average molecular weight is 379 g/mol. The zero-order chi connectivity index (χ0) is 20.1. The molecular weight excluding hydrogens is 354 g/mol. The lowest BCUT2D eigenvalue weighted by Gasteiger charge is -2.09. The Kier molecular flexibility index (Phi) is 6.26. The Labute approximate surface area is 164 Å². The maximum absolute atomic E-state index is 12.6. The van der Waals surface area contributed by atoms with Crippen LogP contribution in [0.2, 0.25) is 0 Å². The first-order valence-corrected chi connectivity index (χ1v) is 9.32. The van der Waals surface area contributed by atoms with Gasteiger partial charge in [-0.1, -0.05) is 42.5 Å². The highest BCUT2D eigenvalue weighted by molar-refractivity contribution is 5.99. The molecule has 5 nitrogen and oxygen atoms in total. The molecule has 0 amide bonds. The second-order valence-corrected chi connectivity index (χ2v) is 6.83. The van der Waals surface area contributed by atoms with Crippen LogP contribution in [0, 0.1) is 13.8 Å². The second kappa shape index (κ2) is 8.85. The molecule has 0 aliphatic rings. The molecule has 28 heavy (non-hydrogen) atoms. The number of hydrogen-bond donors (Lipinski definition) is 0. The molecule has 0 bridgehead atoms. The number of Topliss-reactive ketones (excluding diaryl/α,β-unsaturated/α-hetero) is 1. The fourth-order valence-corrected chi connectivity index (χ4v) is 3.49. The van der Waals surface area contributed by atoms with E-state index in [0.29, 0.717) is 18.7 Å². The van der Waals surface area contributed by atoms with Crippen molar-refractivity contribution >= 4 is 22.5 Å². The second-order valence-electron chi connectivity index (χ2n) is 6.83. The van der Waals surface area contributed by atoms with Crippen LogP contribution in [-0.4, -0.2) is 36.6 Å². The minimum atomic E-state index is -0.405. The van der Waals surface area contributed by atoms with E-state index in [1.807, 2.05) is 66.9 Å². The first kappa shape index (κ1) is 19.8. The zero-order valence-corrected chi connectivity index (χ0v) is 16.5. The lowest BCUT2D eigenvalue weighted by atomic mass is 10.0. The molecule has 0 unspecified atom stereocenters. The van der Waals surface area contributed by atoms with Gasteiger partial charge in [-0.05, 0) is 36.2 Å². The number of benzene rings is 2. The number of ether oxygens (including phenoxy) is 2. The van der Waals surface area contributed by atoms with Gasteiger partial charge in [0, 0.05) is 30.6 Å². The summed E-state index contributed by atoms with van der Waals surface area (Å²) in [5, 5.41) is 2.10. The molecule has 0 saturated heterocycles. The van der Waals surface area contributed by atoms with Gasteiger partial charge in [0.15, 0.2) is 6.61 Å². The van der Waals surface area contributed by atoms with Crippen LogP contribution in [0.25, 0.3) is 10.8 Å². The fraction of sp³-hybridized carbons (Fsp3) is 0.304. The molecule has 0 aliphatic heterocycles. The van der Waals surface area contributed by atoms with E-state index in [-0.39, 0.29) is 18.8 Å². The van der Waals surface area contributed by atoms with E-state index in [9.17, 15) is 9.59 Å². The molecule has 3 aromatic rings. The monoisotopic (exact) mass is 379 g/mol. The molecule has 0 spiro atoms. The van der Waals surface area contributed by atoms with Gasteiger partial charge in [0.1, 0.15) is 0 Å². The van der Waals surface area contributed by atoms with Crippen molar-refractivity contribution in [2.24, 2.45) is 0 Å². The Morgan fingerprint density at radius 2 is 1.79 bits per heavy atom. The van der Waals surface area contributed by atoms with Gasteiger partial charge in [0.25, 0.3) is 0 Å². The number of carbonyl (C=O) groups is 2. The van der Waals surface area contributed by atoms with Gasteiger partial charge < -0.3 is 14.0 Å². The molecule has 0 saturated carbocycles. The van der Waals surface area contributed by atoms with E-state index in [4.69, 9.17) is 9.47 Å². The first-order chi connectivity index (χ1) is 13.5. The number of carbonyl (C=O) groups excluding carboxylic acids is 2. The minimum absolute atomic E-state index is 0.140. The standard InChI is InChI=1S/C23H25NO4/c1-16-13-21(17(2)24(16)11-12-27-3)22(25)15-28-23(26)14-19-9-6-8-18-7-4-5-10-20(18)19/h4-10,13H,11-12,14-15H2,1-3H3. The normalized spacial score (nSPS) is 11.0. The van der Waals surface area contributed by atoms with E-state index in [0.717, 1.165) is 27.7 Å². The third kappa shape index (κ3) is 4.31. The van der Waals surface area contributed by atoms with Gasteiger partial charge in [-0.15, -0.1) is 0 Å². The molecule has 5 heteroatoms. The van der Waals surface area contributed by atoms with Crippen molar-refractivity contribution in [1.29, 1.82) is 0 Å². The predicted molar refractivity (Wildman–Crippen MR) is 109 cm³/mol. The number of esters is 1. The highest BCUT2D eigenvalue weighted by atomic mass is 16.5. The van der Waals surface area contributed by atoms with Crippen molar-refractivity contribution in [2.75, 3.05) is 20.3 Å². The summed E-state index contributed by atoms with van der Waals surface area (Å²) in [5.41, 5.74) is 3.34. The van der Waals surface area contributed by atoms with Crippen molar-refractivity contribution in [1.82, 2.24) is 4.57 Å². The Bertz CT molecular complexity index is 998. The molecule has 0 radical (unpaired) electrons. The third-order valence-electron chi connectivity index (χ3n) is 4.97. The van der Waals surface area contributed by atoms with Crippen molar-refractivity contribution in [3.05, 3.63) is 71.0 Å². The predicted octanol–water partition coefficient (Wildman–Crippen LogP) is 3.87. The summed E-state index contributed by atoms with van der Waals surface area (Å²) in [6.45, 7) is 4.85. The summed E-state index contributed by atoms with van der Waals surface area (Å²) in [5.74, 6) is -0.596. The van der Waals surface area contributed by atoms with E-state index in [1.165, 1.54) is 0 Å². The maximum Gasteiger partial charge on any atom is 0.310 e. The van der Waals surface area contributed by atoms with Crippen LogP contribution in [-0.2, 0) is 27.2 Å². The third-order valence-corrected chi connectivity index (χ3v) is 4.97. The molecule has 0 N–H and O–H groups in total. The number of methoxy groups -OCH3 is 1. The van der Waals surface area contributed by atoms with Crippen LogP contribution >= 0.6 is 0 Å². The lowest BCUT2D eigenvalue weighted by Crippen LogP contribution is -2.16. The van der Waals surface area contributed by atoms with Crippen molar-refractivity contribution in [3.63, 3.8) is 0 Å². The molecular formula is C23H25NO4. The van der Waals surface area contributed by atoms with E-state index < -0.39 is 5.97 Å². The SMILES string of the molecule is COCCn1c(C)cc(C(=O)COC(=O)Cc2cccc3ccccc23)c1C. The molecule has 3 rings (SSSR count). The quantitative estimate of drug-likeness (QED) is 0.440. The molecule has 1 heterocycles. The van der Waals surface area contributed by atoms with Gasteiger partial charge >= 0.3 is 5.97 Å². The number of hydrogen-bond acceptors (Lipinski definition) is 4. The van der Waals surface area contributed by atoms with E-state index >= 15 is 0 Å². The number of fused-ring (bicyclic) bond motifs is 1. The number of nitrogens with zero attached hydrogens (tertiary/aromatic N) is 1. The van der Waals surface area contributed by atoms with Crippen LogP contribution in [0.4, 0.5) is 0 Å². The fourth-order valence-electron chi connectivity index (χ4n) is 3.49. The summed E-state index contributed by atoms with van der Waals surface area (Å²) in [6, 6.07) is 15.6. The largest absolute Gasteiger partial charge is 0.457 e. The van der Waals surface area contributed by atoms with E-state index in [2.05, 4.69) is 0 Å².